The summed E-state index contributed by atoms with van der Waals surface area (Å²) in [4.78, 5) is 67.6. The van der Waals surface area contributed by atoms with E-state index in [0.29, 0.717) is 60.3 Å². The summed E-state index contributed by atoms with van der Waals surface area (Å²) in [5, 5.41) is 5.83. The summed E-state index contributed by atoms with van der Waals surface area (Å²) in [6, 6.07) is 12.5. The number of carbonyl (C=O) groups is 4. The molecule has 0 bridgehead atoms. The third kappa shape index (κ3) is 8.48. The van der Waals surface area contributed by atoms with E-state index in [0.717, 1.165) is 43.9 Å². The molecule has 61 heavy (non-hydrogen) atoms. The van der Waals surface area contributed by atoms with Gasteiger partial charge in [-0.3, -0.25) is 19.1 Å². The number of sulfonamides is 1. The number of allylic oxidation sites excluding steroid dienone is 1. The first kappa shape index (κ1) is 40.7. The summed E-state index contributed by atoms with van der Waals surface area (Å²) in [7, 11) is -2.34. The smallest absolute Gasteiger partial charge is 0.408 e. The highest BCUT2D eigenvalue weighted by Crippen LogP contribution is 2.46. The van der Waals surface area contributed by atoms with Crippen molar-refractivity contribution in [3.8, 4) is 23.0 Å². The fraction of sp³-hybridized carbons (Fsp3) is 0.500. The Balaban J connectivity index is 1.05. The van der Waals surface area contributed by atoms with Crippen LogP contribution in [0.15, 0.2) is 65.1 Å². The van der Waals surface area contributed by atoms with Crippen molar-refractivity contribution >= 4 is 55.9 Å². The molecule has 5 atom stereocenters. The predicted octanol–water partition coefficient (Wildman–Crippen LogP) is 5.44. The molecule has 4 aromatic rings. The van der Waals surface area contributed by atoms with E-state index in [9.17, 15) is 27.6 Å². The molecule has 3 N–H and O–H groups in total. The molecule has 0 spiro atoms. The Morgan fingerprint density at radius 2 is 1.70 bits per heavy atom. The van der Waals surface area contributed by atoms with Gasteiger partial charge in [-0.15, -0.1) is 0 Å². The number of methoxy groups -OCH3 is 1. The molecule has 4 heterocycles. The van der Waals surface area contributed by atoms with Gasteiger partial charge in [0.05, 0.1) is 18.9 Å². The van der Waals surface area contributed by atoms with E-state index >= 15 is 0 Å². The van der Waals surface area contributed by atoms with E-state index in [1.165, 1.54) is 4.90 Å². The second-order valence-electron chi connectivity index (χ2n) is 16.9. The van der Waals surface area contributed by atoms with Crippen molar-refractivity contribution in [2.75, 3.05) is 13.7 Å². The summed E-state index contributed by atoms with van der Waals surface area (Å²) < 4.78 is 52.1. The topological polar surface area (TPSA) is 208 Å². The van der Waals surface area contributed by atoms with Crippen molar-refractivity contribution in [1.82, 2.24) is 30.2 Å². The summed E-state index contributed by atoms with van der Waals surface area (Å²) in [6.45, 7) is -0.0745. The Morgan fingerprint density at radius 1 is 0.934 bits per heavy atom. The summed E-state index contributed by atoms with van der Waals surface area (Å²) in [5.41, 5.74) is 0.515. The normalized spacial score (nSPS) is 26.1. The Bertz CT molecular complexity index is 2480. The molecule has 4 fully saturated rings. The van der Waals surface area contributed by atoms with Crippen LogP contribution in [0.3, 0.4) is 0 Å². The van der Waals surface area contributed by atoms with Crippen LogP contribution in [-0.2, 0) is 29.1 Å². The maximum absolute atomic E-state index is 14.8. The minimum absolute atomic E-state index is 0.0149. The van der Waals surface area contributed by atoms with E-state index in [1.54, 1.807) is 19.2 Å². The number of aromatic nitrogens is 2. The number of rotatable bonds is 9. The molecule has 322 valence electrons. The molecule has 3 aliphatic carbocycles. The molecule has 2 aromatic heterocycles. The lowest BCUT2D eigenvalue weighted by Gasteiger charge is -2.30. The quantitative estimate of drug-likeness (QED) is 0.180. The van der Waals surface area contributed by atoms with Crippen molar-refractivity contribution in [2.24, 2.45) is 5.92 Å². The third-order valence-electron chi connectivity index (χ3n) is 12.5. The second kappa shape index (κ2) is 16.6. The monoisotopic (exact) mass is 854 g/mol. The van der Waals surface area contributed by atoms with Crippen LogP contribution in [0, 0.1) is 5.92 Å². The maximum atomic E-state index is 14.8. The highest BCUT2D eigenvalue weighted by molar-refractivity contribution is 7.91. The molecule has 5 aliphatic rings. The number of nitrogens with one attached hydrogen (secondary N) is 3. The molecule has 0 radical (unpaired) electrons. The van der Waals surface area contributed by atoms with E-state index in [1.807, 2.05) is 48.6 Å². The molecule has 4 amide bonds. The number of benzene rings is 2. The number of alkyl carbamates (subject to hydrolysis) is 1. The second-order valence-corrected chi connectivity index (χ2v) is 18.8. The molecule has 16 nitrogen and oxygen atoms in total. The van der Waals surface area contributed by atoms with Crippen LogP contribution in [0.2, 0.25) is 0 Å². The lowest BCUT2D eigenvalue weighted by Crippen LogP contribution is -2.58. The van der Waals surface area contributed by atoms with Gasteiger partial charge >= 0.3 is 6.09 Å². The fourth-order valence-electron chi connectivity index (χ4n) is 8.85. The number of hydrogen-bond acceptors (Lipinski definition) is 12. The van der Waals surface area contributed by atoms with Crippen molar-refractivity contribution in [1.29, 1.82) is 0 Å². The Morgan fingerprint density at radius 3 is 2.48 bits per heavy atom. The van der Waals surface area contributed by atoms with Crippen LogP contribution in [0.5, 0.6) is 11.6 Å². The first-order valence-corrected chi connectivity index (χ1v) is 22.9. The molecule has 2 aliphatic heterocycles. The van der Waals surface area contributed by atoms with E-state index in [2.05, 4.69) is 15.4 Å². The number of ether oxygens (including phenoxy) is 3. The molecule has 3 saturated carbocycles. The highest BCUT2D eigenvalue weighted by atomic mass is 32.2. The van der Waals surface area contributed by atoms with E-state index in [-0.39, 0.29) is 37.0 Å². The van der Waals surface area contributed by atoms with Gasteiger partial charge in [0.2, 0.25) is 27.4 Å². The average molecular weight is 855 g/mol. The largest absolute Gasteiger partial charge is 0.497 e. The van der Waals surface area contributed by atoms with Crippen LogP contribution in [-0.4, -0.2) is 95.8 Å². The Labute approximate surface area is 353 Å². The first-order chi connectivity index (χ1) is 29.5. The molecule has 0 unspecified atom stereocenters. The van der Waals surface area contributed by atoms with Crippen molar-refractivity contribution < 1.29 is 46.2 Å². The molecule has 17 heteroatoms. The van der Waals surface area contributed by atoms with Gasteiger partial charge in [-0.1, -0.05) is 37.1 Å². The van der Waals surface area contributed by atoms with Crippen LogP contribution in [0.25, 0.3) is 33.5 Å². The van der Waals surface area contributed by atoms with E-state index in [4.69, 9.17) is 28.6 Å². The van der Waals surface area contributed by atoms with Gasteiger partial charge in [-0.25, -0.2) is 18.2 Å². The minimum Gasteiger partial charge on any atom is -0.497 e. The van der Waals surface area contributed by atoms with Crippen LogP contribution < -0.4 is 24.8 Å². The zero-order valence-electron chi connectivity index (χ0n) is 34.0. The standard InChI is InChI=1S/C44H50N6O10S/c1-57-28-19-17-26(18-20-28)38-46-36-32-14-9-10-16-35(32)60-37(36)40(47-38)58-30-23-34-39(51)48-44(42(53)49-61(55,56)31-21-22-31)24-27(44)11-5-3-2-4-6-15-33(41(52)50(34)25-30)45-43(54)59-29-12-7-8-13-29/h5,9-11,14,16-20,27,29-31,33-34H,2-4,6-8,12-13,15,21-25H2,1H3,(H,45,54)(H,48,51)(H,49,53)/t27-,30-,33+,34+,44-/m1/s1. The lowest BCUT2D eigenvalue weighted by molar-refractivity contribution is -0.141. The van der Waals surface area contributed by atoms with Gasteiger partial charge in [-0.2, -0.15) is 4.98 Å². The molecule has 1 saturated heterocycles. The van der Waals surface area contributed by atoms with E-state index < -0.39 is 68.7 Å². The summed E-state index contributed by atoms with van der Waals surface area (Å²) >= 11 is 0. The predicted molar refractivity (Wildman–Crippen MR) is 223 cm³/mol. The Hall–Kier alpha value is -5.71. The number of nitrogens with zero attached hydrogens (tertiary/aromatic N) is 3. The van der Waals surface area contributed by atoms with Gasteiger partial charge in [0.25, 0.3) is 11.8 Å². The lowest BCUT2D eigenvalue weighted by atomic mass is 10.0. The summed E-state index contributed by atoms with van der Waals surface area (Å²) in [5.74, 6) is -1.28. The SMILES string of the molecule is COc1ccc(-c2nc(O[C@@H]3C[C@H]4C(=O)N[C@]5(C(=O)NS(=O)(=O)C6CC6)C[C@H]5C=CCCCCC[C@H](NC(=O)OC5CCCC5)C(=O)N4C3)c3oc4ccccc4c3n2)cc1. The zero-order valence-corrected chi connectivity index (χ0v) is 34.8. The number of furan rings is 1. The zero-order chi connectivity index (χ0) is 42.3. The van der Waals surface area contributed by atoms with Crippen LogP contribution in [0.1, 0.15) is 83.5 Å². The molecular weight excluding hydrogens is 805 g/mol. The van der Waals surface area contributed by atoms with Gasteiger partial charge < -0.3 is 34.2 Å². The Kier molecular flexibility index (Phi) is 11.1. The summed E-state index contributed by atoms with van der Waals surface area (Å²) in [6.07, 6.45) is 9.79. The molecular formula is C44H50N6O10S. The number of carbonyl (C=O) groups excluding carboxylic acids is 4. The number of hydrogen-bond donors (Lipinski definition) is 3. The fourth-order valence-corrected chi connectivity index (χ4v) is 10.2. The average Bonchev–Trinajstić information content (AvgIpc) is 4.06. The van der Waals surface area contributed by atoms with Crippen molar-refractivity contribution in [3.05, 3.63) is 60.7 Å². The highest BCUT2D eigenvalue weighted by Gasteiger charge is 2.62. The molecule has 9 rings (SSSR count). The third-order valence-corrected chi connectivity index (χ3v) is 14.3. The number of para-hydroxylation sites is 1. The van der Waals surface area contributed by atoms with Crippen molar-refractivity contribution in [3.63, 3.8) is 0 Å². The van der Waals surface area contributed by atoms with Crippen molar-refractivity contribution in [2.45, 2.75) is 119 Å². The van der Waals surface area contributed by atoms with Crippen LogP contribution in [0.4, 0.5) is 4.79 Å². The first-order valence-electron chi connectivity index (χ1n) is 21.3. The van der Waals surface area contributed by atoms with Crippen LogP contribution >= 0.6 is 0 Å². The minimum atomic E-state index is -3.92. The maximum Gasteiger partial charge on any atom is 0.408 e. The number of amides is 4. The van der Waals surface area contributed by atoms with Gasteiger partial charge in [0, 0.05) is 23.3 Å². The van der Waals surface area contributed by atoms with Gasteiger partial charge in [0.1, 0.15) is 46.7 Å². The van der Waals surface area contributed by atoms with Gasteiger partial charge in [0.15, 0.2) is 5.82 Å². The molecule has 2 aromatic carbocycles. The van der Waals surface area contributed by atoms with Gasteiger partial charge in [-0.05, 0) is 101 Å². The number of fused-ring (bicyclic) bond motifs is 5.